The number of aliphatic hydroxyl groups excluding tert-OH is 1. The summed E-state index contributed by atoms with van der Waals surface area (Å²) < 4.78 is 2.13. The molecule has 2 aromatic rings. The van der Waals surface area contributed by atoms with Gasteiger partial charge in [0.15, 0.2) is 0 Å². The van der Waals surface area contributed by atoms with Gasteiger partial charge in [0.2, 0.25) is 0 Å². The Morgan fingerprint density at radius 2 is 2.25 bits per heavy atom. The third kappa shape index (κ3) is 1.33. The van der Waals surface area contributed by atoms with Gasteiger partial charge in [-0.1, -0.05) is 0 Å². The molecule has 1 aliphatic rings. The van der Waals surface area contributed by atoms with Crippen LogP contribution < -0.4 is 0 Å². The van der Waals surface area contributed by atoms with E-state index in [-0.39, 0.29) is 0 Å². The normalized spacial score (nSPS) is 24.6. The maximum atomic E-state index is 9.02. The molecule has 0 aliphatic heterocycles. The molecule has 0 spiro atoms. The first-order chi connectivity index (χ1) is 7.79. The largest absolute Gasteiger partial charge is 0.396 e. The molecule has 2 aromatic heterocycles. The molecule has 3 rings (SSSR count). The van der Waals surface area contributed by atoms with Crippen molar-refractivity contribution >= 4 is 5.52 Å². The second kappa shape index (κ2) is 3.56. The molecule has 16 heavy (non-hydrogen) atoms. The quantitative estimate of drug-likeness (QED) is 0.829. The molecule has 0 radical (unpaired) electrons. The van der Waals surface area contributed by atoms with Gasteiger partial charge in [0.25, 0.3) is 0 Å². The minimum Gasteiger partial charge on any atom is -0.396 e. The van der Waals surface area contributed by atoms with E-state index in [2.05, 4.69) is 14.4 Å². The number of fused-ring (bicyclic) bond motifs is 1. The van der Waals surface area contributed by atoms with Crippen LogP contribution in [-0.4, -0.2) is 26.1 Å². The highest BCUT2D eigenvalue weighted by atomic mass is 16.3. The first kappa shape index (κ1) is 9.78. The topological polar surface area (TPSA) is 50.4 Å². The number of imidazole rings is 1. The minimum atomic E-state index is 0.306. The number of aromatic nitrogens is 3. The van der Waals surface area contributed by atoms with Gasteiger partial charge in [-0.15, -0.1) is 0 Å². The van der Waals surface area contributed by atoms with E-state index in [1.807, 2.05) is 25.5 Å². The Labute approximate surface area is 94.0 Å². The van der Waals surface area contributed by atoms with Gasteiger partial charge < -0.3 is 9.51 Å². The Hall–Kier alpha value is -1.42. The van der Waals surface area contributed by atoms with E-state index >= 15 is 0 Å². The highest BCUT2D eigenvalue weighted by molar-refractivity contribution is 5.50. The zero-order valence-electron chi connectivity index (χ0n) is 9.30. The van der Waals surface area contributed by atoms with Crippen LogP contribution in [0.5, 0.6) is 0 Å². The number of aryl methyl sites for hydroxylation is 1. The Morgan fingerprint density at radius 1 is 1.44 bits per heavy atom. The van der Waals surface area contributed by atoms with E-state index < -0.39 is 0 Å². The molecule has 4 heteroatoms. The fraction of sp³-hybridized carbons (Fsp3) is 0.500. The lowest BCUT2D eigenvalue weighted by atomic mass is 9.75. The molecule has 1 fully saturated rings. The maximum Gasteiger partial charge on any atom is 0.116 e. The van der Waals surface area contributed by atoms with Crippen LogP contribution in [0.3, 0.4) is 0 Å². The SMILES string of the molecule is Cc1nccn2c(C3CC(CO)C3)ncc12. The molecule has 0 atom stereocenters. The molecule has 0 bridgehead atoms. The number of rotatable bonds is 2. The third-order valence-corrected chi connectivity index (χ3v) is 3.54. The first-order valence-electron chi connectivity index (χ1n) is 5.69. The van der Waals surface area contributed by atoms with Crippen molar-refractivity contribution in [3.05, 3.63) is 30.1 Å². The minimum absolute atomic E-state index is 0.306. The average Bonchev–Trinajstić information content (AvgIpc) is 2.62. The lowest BCUT2D eigenvalue weighted by Crippen LogP contribution is -2.26. The number of hydrogen-bond donors (Lipinski definition) is 1. The van der Waals surface area contributed by atoms with Crippen LogP contribution in [0.1, 0.15) is 30.3 Å². The second-order valence-electron chi connectivity index (χ2n) is 4.60. The lowest BCUT2D eigenvalue weighted by molar-refractivity contribution is 0.138. The summed E-state index contributed by atoms with van der Waals surface area (Å²) in [5, 5.41) is 9.02. The molecule has 1 aliphatic carbocycles. The molecular weight excluding hydrogens is 202 g/mol. The van der Waals surface area contributed by atoms with Crippen molar-refractivity contribution < 1.29 is 5.11 Å². The molecule has 84 valence electrons. The summed E-state index contributed by atoms with van der Waals surface area (Å²) in [4.78, 5) is 8.74. The molecule has 0 aromatic carbocycles. The smallest absolute Gasteiger partial charge is 0.116 e. The molecule has 2 heterocycles. The van der Waals surface area contributed by atoms with Crippen molar-refractivity contribution in [3.8, 4) is 0 Å². The van der Waals surface area contributed by atoms with Crippen LogP contribution in [0.4, 0.5) is 0 Å². The van der Waals surface area contributed by atoms with Gasteiger partial charge in [-0.05, 0) is 25.7 Å². The van der Waals surface area contributed by atoms with Crippen molar-refractivity contribution in [2.75, 3.05) is 6.61 Å². The fourth-order valence-corrected chi connectivity index (χ4v) is 2.48. The van der Waals surface area contributed by atoms with Gasteiger partial charge in [-0.3, -0.25) is 4.98 Å². The molecule has 0 unspecified atom stereocenters. The summed E-state index contributed by atoms with van der Waals surface area (Å²) in [5.74, 6) is 2.09. The van der Waals surface area contributed by atoms with Crippen molar-refractivity contribution in [1.29, 1.82) is 0 Å². The van der Waals surface area contributed by atoms with Gasteiger partial charge >= 0.3 is 0 Å². The van der Waals surface area contributed by atoms with Crippen molar-refractivity contribution in [1.82, 2.24) is 14.4 Å². The van der Waals surface area contributed by atoms with Crippen molar-refractivity contribution in [3.63, 3.8) is 0 Å². The monoisotopic (exact) mass is 217 g/mol. The first-order valence-corrected chi connectivity index (χ1v) is 5.69. The number of hydrogen-bond acceptors (Lipinski definition) is 3. The van der Waals surface area contributed by atoms with Crippen molar-refractivity contribution in [2.45, 2.75) is 25.7 Å². The predicted octanol–water partition coefficient (Wildman–Crippen LogP) is 1.52. The molecule has 4 nitrogen and oxygen atoms in total. The summed E-state index contributed by atoms with van der Waals surface area (Å²) >= 11 is 0. The predicted molar refractivity (Wildman–Crippen MR) is 60.3 cm³/mol. The third-order valence-electron chi connectivity index (χ3n) is 3.54. The maximum absolute atomic E-state index is 9.02. The molecule has 1 saturated carbocycles. The highest BCUT2D eigenvalue weighted by Gasteiger charge is 2.32. The summed E-state index contributed by atoms with van der Waals surface area (Å²) in [6.07, 6.45) is 7.78. The number of nitrogens with zero attached hydrogens (tertiary/aromatic N) is 3. The second-order valence-corrected chi connectivity index (χ2v) is 4.60. The van der Waals surface area contributed by atoms with Crippen molar-refractivity contribution in [2.24, 2.45) is 5.92 Å². The van der Waals surface area contributed by atoms with Crippen LogP contribution in [-0.2, 0) is 0 Å². The van der Waals surface area contributed by atoms with Gasteiger partial charge in [0.05, 0.1) is 17.4 Å². The highest BCUT2D eigenvalue weighted by Crippen LogP contribution is 2.40. The van der Waals surface area contributed by atoms with E-state index in [1.165, 1.54) is 0 Å². The zero-order chi connectivity index (χ0) is 11.1. The summed E-state index contributed by atoms with van der Waals surface area (Å²) in [6, 6.07) is 0. The summed E-state index contributed by atoms with van der Waals surface area (Å²) in [6.45, 7) is 2.30. The van der Waals surface area contributed by atoms with Crippen LogP contribution in [0.25, 0.3) is 5.52 Å². The standard InChI is InChI=1S/C12H15N3O/c1-8-11-6-14-12(15(11)3-2-13-8)10-4-9(5-10)7-16/h2-3,6,9-10,16H,4-5,7H2,1H3. The lowest BCUT2D eigenvalue weighted by Gasteiger charge is -2.33. The Bertz CT molecular complexity index is 514. The summed E-state index contributed by atoms with van der Waals surface area (Å²) in [7, 11) is 0. The van der Waals surface area contributed by atoms with Crippen LogP contribution >= 0.6 is 0 Å². The summed E-state index contributed by atoms with van der Waals surface area (Å²) in [5.41, 5.74) is 2.10. The van der Waals surface area contributed by atoms with Gasteiger partial charge in [0, 0.05) is 24.9 Å². The molecule has 0 amide bonds. The van der Waals surface area contributed by atoms with Crippen LogP contribution in [0, 0.1) is 12.8 Å². The van der Waals surface area contributed by atoms with E-state index in [4.69, 9.17) is 5.11 Å². The van der Waals surface area contributed by atoms with E-state index in [1.54, 1.807) is 0 Å². The van der Waals surface area contributed by atoms with E-state index in [0.717, 1.165) is 29.9 Å². The zero-order valence-corrected chi connectivity index (χ0v) is 9.30. The Kier molecular flexibility index (Phi) is 2.17. The molecule has 0 saturated heterocycles. The van der Waals surface area contributed by atoms with E-state index in [0.29, 0.717) is 18.4 Å². The molecule has 1 N–H and O–H groups in total. The Morgan fingerprint density at radius 3 is 3.00 bits per heavy atom. The van der Waals surface area contributed by atoms with Gasteiger partial charge in [-0.2, -0.15) is 0 Å². The van der Waals surface area contributed by atoms with Gasteiger partial charge in [0.1, 0.15) is 5.82 Å². The average molecular weight is 217 g/mol. The fourth-order valence-electron chi connectivity index (χ4n) is 2.48. The van der Waals surface area contributed by atoms with Crippen LogP contribution in [0.15, 0.2) is 18.6 Å². The van der Waals surface area contributed by atoms with E-state index in [9.17, 15) is 0 Å². The number of aliphatic hydroxyl groups is 1. The van der Waals surface area contributed by atoms with Crippen LogP contribution in [0.2, 0.25) is 0 Å². The van der Waals surface area contributed by atoms with Gasteiger partial charge in [-0.25, -0.2) is 4.98 Å². The Balaban J connectivity index is 1.97. The molecular formula is C12H15N3O.